The van der Waals surface area contributed by atoms with Gasteiger partial charge in [0.25, 0.3) is 0 Å². The largest absolute Gasteiger partial charge is 0.417 e. The number of alkyl halides is 3. The van der Waals surface area contributed by atoms with Gasteiger partial charge in [-0.3, -0.25) is 0 Å². The topological polar surface area (TPSA) is 57.7 Å². The number of anilines is 1. The van der Waals surface area contributed by atoms with Crippen LogP contribution in [0.1, 0.15) is 44.7 Å². The normalized spacial score (nSPS) is 19.0. The highest BCUT2D eigenvalue weighted by atomic mass is 19.4. The molecule has 1 heterocycles. The third kappa shape index (κ3) is 3.75. The molecule has 1 unspecified atom stereocenters. The van der Waals surface area contributed by atoms with E-state index in [0.29, 0.717) is 12.2 Å². The molecule has 1 aromatic heterocycles. The van der Waals surface area contributed by atoms with Gasteiger partial charge in [-0.15, -0.1) is 5.10 Å². The maximum Gasteiger partial charge on any atom is 0.417 e. The Hall–Kier alpha value is -2.82. The van der Waals surface area contributed by atoms with Gasteiger partial charge in [0, 0.05) is 17.9 Å². The van der Waals surface area contributed by atoms with Crippen molar-refractivity contribution < 1.29 is 13.2 Å². The second kappa shape index (κ2) is 7.30. The standard InChI is InChI=1S/C20H22F3N5/c1-4-27(15-6-5-14(13-24)17(11-15)20(21,22)23)18-12-16(7-8-19(18,2)3)28-10-9-25-26-28/h5-6,9-12,18H,4,7-8H2,1-3H3. The summed E-state index contributed by atoms with van der Waals surface area (Å²) >= 11 is 0. The molecule has 8 heteroatoms. The zero-order valence-corrected chi connectivity index (χ0v) is 16.0. The molecule has 0 aliphatic heterocycles. The van der Waals surface area contributed by atoms with E-state index in [2.05, 4.69) is 30.2 Å². The van der Waals surface area contributed by atoms with Gasteiger partial charge < -0.3 is 4.90 Å². The van der Waals surface area contributed by atoms with E-state index in [4.69, 9.17) is 5.26 Å². The van der Waals surface area contributed by atoms with Crippen LogP contribution >= 0.6 is 0 Å². The Morgan fingerprint density at radius 2 is 2.11 bits per heavy atom. The summed E-state index contributed by atoms with van der Waals surface area (Å²) in [6.45, 7) is 6.67. The van der Waals surface area contributed by atoms with Crippen LogP contribution in [0.25, 0.3) is 5.70 Å². The molecule has 5 nitrogen and oxygen atoms in total. The first-order valence-electron chi connectivity index (χ1n) is 9.12. The average Bonchev–Trinajstić information content (AvgIpc) is 3.17. The van der Waals surface area contributed by atoms with Gasteiger partial charge >= 0.3 is 6.18 Å². The monoisotopic (exact) mass is 389 g/mol. The van der Waals surface area contributed by atoms with Gasteiger partial charge in [-0.2, -0.15) is 18.4 Å². The van der Waals surface area contributed by atoms with E-state index in [-0.39, 0.29) is 17.0 Å². The van der Waals surface area contributed by atoms with Gasteiger partial charge in [0.05, 0.1) is 35.6 Å². The second-order valence-corrected chi connectivity index (χ2v) is 7.56. The fourth-order valence-electron chi connectivity index (χ4n) is 3.74. The summed E-state index contributed by atoms with van der Waals surface area (Å²) in [5.41, 5.74) is 0.00824. The summed E-state index contributed by atoms with van der Waals surface area (Å²) in [5, 5.41) is 16.9. The van der Waals surface area contributed by atoms with Crippen molar-refractivity contribution in [2.75, 3.05) is 11.4 Å². The molecule has 148 valence electrons. The van der Waals surface area contributed by atoms with Crippen molar-refractivity contribution in [1.82, 2.24) is 15.0 Å². The van der Waals surface area contributed by atoms with Crippen LogP contribution < -0.4 is 4.90 Å². The van der Waals surface area contributed by atoms with Crippen molar-refractivity contribution >= 4 is 11.4 Å². The fourth-order valence-corrected chi connectivity index (χ4v) is 3.74. The Labute approximate surface area is 162 Å². The number of aromatic nitrogens is 3. The number of nitrogens with zero attached hydrogens (tertiary/aromatic N) is 5. The molecule has 0 saturated carbocycles. The minimum absolute atomic E-state index is 0.125. The maximum absolute atomic E-state index is 13.4. The predicted octanol–water partition coefficient (Wildman–Crippen LogP) is 4.72. The number of halogens is 3. The van der Waals surface area contributed by atoms with E-state index < -0.39 is 11.7 Å². The van der Waals surface area contributed by atoms with E-state index in [1.807, 2.05) is 11.8 Å². The minimum Gasteiger partial charge on any atom is -0.365 e. The van der Waals surface area contributed by atoms with Crippen LogP contribution in [0.4, 0.5) is 18.9 Å². The zero-order chi connectivity index (χ0) is 20.5. The highest BCUT2D eigenvalue weighted by Gasteiger charge is 2.38. The van der Waals surface area contributed by atoms with Crippen molar-refractivity contribution in [3.8, 4) is 6.07 Å². The molecule has 0 fully saturated rings. The molecule has 1 aromatic carbocycles. The summed E-state index contributed by atoms with van der Waals surface area (Å²) in [6.07, 6.45) is 2.52. The van der Waals surface area contributed by atoms with Crippen molar-refractivity contribution in [2.45, 2.75) is 45.8 Å². The molecule has 1 aliphatic carbocycles. The molecule has 28 heavy (non-hydrogen) atoms. The van der Waals surface area contributed by atoms with E-state index in [1.54, 1.807) is 29.2 Å². The molecule has 0 amide bonds. The van der Waals surface area contributed by atoms with Crippen molar-refractivity contribution in [2.24, 2.45) is 5.41 Å². The van der Waals surface area contributed by atoms with Crippen LogP contribution in [0.5, 0.6) is 0 Å². The lowest BCUT2D eigenvalue weighted by molar-refractivity contribution is -0.137. The summed E-state index contributed by atoms with van der Waals surface area (Å²) in [5.74, 6) is 0. The van der Waals surface area contributed by atoms with E-state index >= 15 is 0 Å². The lowest BCUT2D eigenvalue weighted by Crippen LogP contribution is -2.46. The van der Waals surface area contributed by atoms with Crippen molar-refractivity contribution in [3.05, 3.63) is 47.8 Å². The summed E-state index contributed by atoms with van der Waals surface area (Å²) in [6, 6.07) is 5.43. The number of hydrogen-bond acceptors (Lipinski definition) is 4. The zero-order valence-electron chi connectivity index (χ0n) is 16.0. The van der Waals surface area contributed by atoms with Gasteiger partial charge in [-0.1, -0.05) is 19.1 Å². The Kier molecular flexibility index (Phi) is 5.20. The first-order chi connectivity index (χ1) is 13.2. The summed E-state index contributed by atoms with van der Waals surface area (Å²) in [7, 11) is 0. The first kappa shape index (κ1) is 19.9. The lowest BCUT2D eigenvalue weighted by Gasteiger charge is -2.44. The third-order valence-corrected chi connectivity index (χ3v) is 5.33. The number of allylic oxidation sites excluding steroid dienone is 1. The Bertz CT molecular complexity index is 907. The van der Waals surface area contributed by atoms with Gasteiger partial charge in [0.1, 0.15) is 0 Å². The molecule has 0 spiro atoms. The number of likely N-dealkylation sites (N-methyl/N-ethyl adjacent to an activating group) is 1. The molecule has 0 bridgehead atoms. The number of hydrogen-bond donors (Lipinski definition) is 0. The molecule has 0 radical (unpaired) electrons. The quantitative estimate of drug-likeness (QED) is 0.759. The number of rotatable bonds is 4. The van der Waals surface area contributed by atoms with Crippen LogP contribution in [-0.4, -0.2) is 27.6 Å². The average molecular weight is 389 g/mol. The van der Waals surface area contributed by atoms with Crippen LogP contribution in [0.15, 0.2) is 36.7 Å². The van der Waals surface area contributed by atoms with Gasteiger partial charge in [0.2, 0.25) is 0 Å². The predicted molar refractivity (Wildman–Crippen MR) is 100 cm³/mol. The smallest absolute Gasteiger partial charge is 0.365 e. The number of benzene rings is 1. The number of nitriles is 1. The van der Waals surface area contributed by atoms with Crippen LogP contribution in [0.2, 0.25) is 0 Å². The van der Waals surface area contributed by atoms with E-state index in [9.17, 15) is 13.2 Å². The molecule has 0 N–H and O–H groups in total. The Morgan fingerprint density at radius 3 is 2.68 bits per heavy atom. The molecule has 2 aromatic rings. The first-order valence-corrected chi connectivity index (χ1v) is 9.12. The van der Waals surface area contributed by atoms with Crippen LogP contribution in [0, 0.1) is 16.7 Å². The van der Waals surface area contributed by atoms with Crippen molar-refractivity contribution in [3.63, 3.8) is 0 Å². The Morgan fingerprint density at radius 1 is 1.36 bits per heavy atom. The van der Waals surface area contributed by atoms with E-state index in [1.165, 1.54) is 6.07 Å². The maximum atomic E-state index is 13.4. The molecule has 3 rings (SSSR count). The van der Waals surface area contributed by atoms with Gasteiger partial charge in [0.15, 0.2) is 0 Å². The van der Waals surface area contributed by atoms with Gasteiger partial charge in [-0.25, -0.2) is 4.68 Å². The van der Waals surface area contributed by atoms with Crippen LogP contribution in [-0.2, 0) is 6.18 Å². The molecular formula is C20H22F3N5. The lowest BCUT2D eigenvalue weighted by atomic mass is 9.74. The third-order valence-electron chi connectivity index (χ3n) is 5.33. The molecule has 1 aliphatic rings. The molecule has 1 atom stereocenters. The molecule has 0 saturated heterocycles. The van der Waals surface area contributed by atoms with Crippen LogP contribution in [0.3, 0.4) is 0 Å². The summed E-state index contributed by atoms with van der Waals surface area (Å²) < 4.78 is 42.0. The van der Waals surface area contributed by atoms with E-state index in [0.717, 1.165) is 24.6 Å². The minimum atomic E-state index is -4.58. The fraction of sp³-hybridized carbons (Fsp3) is 0.450. The van der Waals surface area contributed by atoms with Crippen molar-refractivity contribution in [1.29, 1.82) is 5.26 Å². The Balaban J connectivity index is 2.07. The second-order valence-electron chi connectivity index (χ2n) is 7.56. The van der Waals surface area contributed by atoms with Gasteiger partial charge in [-0.05, 0) is 49.5 Å². The SMILES string of the molecule is CCN(c1ccc(C#N)c(C(F)(F)F)c1)C1C=C(n2ccnn2)CCC1(C)C. The summed E-state index contributed by atoms with van der Waals surface area (Å²) in [4.78, 5) is 1.95. The highest BCUT2D eigenvalue weighted by molar-refractivity contribution is 5.58. The molecular weight excluding hydrogens is 367 g/mol. The highest BCUT2D eigenvalue weighted by Crippen LogP contribution is 2.42.